The molecule has 1 rings (SSSR count). The number of hydroxylamine groups is 1. The van der Waals surface area contributed by atoms with Crippen molar-refractivity contribution in [2.75, 3.05) is 13.7 Å². The maximum absolute atomic E-state index is 11.9. The first-order valence-electron chi connectivity index (χ1n) is 9.37. The molecule has 0 aliphatic heterocycles. The van der Waals surface area contributed by atoms with E-state index in [1.165, 1.54) is 7.11 Å². The van der Waals surface area contributed by atoms with Crippen molar-refractivity contribution in [2.24, 2.45) is 0 Å². The van der Waals surface area contributed by atoms with Crippen molar-refractivity contribution in [2.45, 2.75) is 58.3 Å². The number of carbonyl (C=O) groups is 3. The van der Waals surface area contributed by atoms with Crippen molar-refractivity contribution < 1.29 is 33.4 Å². The Morgan fingerprint density at radius 3 is 2.34 bits per heavy atom. The number of rotatable bonds is 10. The number of ether oxygens (including phenoxy) is 3. The van der Waals surface area contributed by atoms with E-state index in [9.17, 15) is 14.4 Å². The van der Waals surface area contributed by atoms with Gasteiger partial charge in [0.25, 0.3) is 0 Å². The lowest BCUT2D eigenvalue weighted by molar-refractivity contribution is -0.143. The van der Waals surface area contributed by atoms with Gasteiger partial charge >= 0.3 is 18.2 Å². The number of carbonyl (C=O) groups excluding carboxylic acids is 3. The number of esters is 1. The summed E-state index contributed by atoms with van der Waals surface area (Å²) in [4.78, 5) is 40.3. The molecule has 9 nitrogen and oxygen atoms in total. The van der Waals surface area contributed by atoms with Gasteiger partial charge in [-0.2, -0.15) is 5.48 Å². The fourth-order valence-electron chi connectivity index (χ4n) is 2.23. The smallest absolute Gasteiger partial charge is 0.431 e. The topological polar surface area (TPSA) is 112 Å². The third-order valence-corrected chi connectivity index (χ3v) is 3.53. The summed E-state index contributed by atoms with van der Waals surface area (Å²) in [7, 11) is 1.25. The van der Waals surface area contributed by atoms with Crippen LogP contribution in [0.1, 0.15) is 45.6 Å². The van der Waals surface area contributed by atoms with Gasteiger partial charge in [-0.3, -0.25) is 4.84 Å². The SMILES string of the molecule is COC(=O)[C@H](CCCCONC(=O)OC(C)(C)C)NC(=O)OCc1ccccc1. The van der Waals surface area contributed by atoms with E-state index in [1.807, 2.05) is 30.3 Å². The molecule has 0 radical (unpaired) electrons. The molecule has 1 aromatic rings. The Morgan fingerprint density at radius 1 is 1.03 bits per heavy atom. The average molecular weight is 410 g/mol. The maximum atomic E-state index is 11.9. The van der Waals surface area contributed by atoms with Crippen LogP contribution in [0.5, 0.6) is 0 Å². The van der Waals surface area contributed by atoms with E-state index in [0.29, 0.717) is 19.3 Å². The molecular weight excluding hydrogens is 380 g/mol. The zero-order valence-corrected chi connectivity index (χ0v) is 17.4. The lowest BCUT2D eigenvalue weighted by Gasteiger charge is -2.19. The molecule has 0 aliphatic carbocycles. The van der Waals surface area contributed by atoms with E-state index < -0.39 is 29.8 Å². The lowest BCUT2D eigenvalue weighted by atomic mass is 10.1. The van der Waals surface area contributed by atoms with E-state index in [0.717, 1.165) is 5.56 Å². The summed E-state index contributed by atoms with van der Waals surface area (Å²) in [6, 6.07) is 8.37. The van der Waals surface area contributed by atoms with E-state index in [1.54, 1.807) is 20.8 Å². The zero-order valence-electron chi connectivity index (χ0n) is 17.4. The Morgan fingerprint density at radius 2 is 1.72 bits per heavy atom. The Bertz CT molecular complexity index is 644. The highest BCUT2D eigenvalue weighted by Gasteiger charge is 2.22. The number of hydrogen-bond acceptors (Lipinski definition) is 7. The third-order valence-electron chi connectivity index (χ3n) is 3.53. The second kappa shape index (κ2) is 12.6. The van der Waals surface area contributed by atoms with E-state index >= 15 is 0 Å². The van der Waals surface area contributed by atoms with Gasteiger partial charge < -0.3 is 19.5 Å². The van der Waals surface area contributed by atoms with Crippen molar-refractivity contribution in [3.05, 3.63) is 35.9 Å². The third kappa shape index (κ3) is 11.6. The molecule has 9 heteroatoms. The predicted molar refractivity (Wildman–Crippen MR) is 105 cm³/mol. The van der Waals surface area contributed by atoms with Gasteiger partial charge in [-0.05, 0) is 45.6 Å². The van der Waals surface area contributed by atoms with Crippen LogP contribution < -0.4 is 10.8 Å². The van der Waals surface area contributed by atoms with Crippen LogP contribution >= 0.6 is 0 Å². The van der Waals surface area contributed by atoms with Gasteiger partial charge in [-0.1, -0.05) is 30.3 Å². The Hall–Kier alpha value is -2.81. The summed E-state index contributed by atoms with van der Waals surface area (Å²) in [5, 5.41) is 2.51. The molecule has 0 fully saturated rings. The number of unbranched alkanes of at least 4 members (excludes halogenated alkanes) is 1. The van der Waals surface area contributed by atoms with Crippen LogP contribution in [-0.4, -0.2) is 43.5 Å². The molecule has 1 aromatic carbocycles. The second-order valence-electron chi connectivity index (χ2n) is 7.23. The maximum Gasteiger partial charge on any atom is 0.431 e. The standard InChI is InChI=1S/C20H30N2O7/c1-20(2,3)29-19(25)22-28-13-9-8-12-16(17(23)26-4)21-18(24)27-14-15-10-6-5-7-11-15/h5-7,10-11,16H,8-9,12-14H2,1-4H3,(H,21,24)(H,22,25)/t16-/m0/s1. The molecular formula is C20H30N2O7. The normalized spacial score (nSPS) is 11.9. The highest BCUT2D eigenvalue weighted by Crippen LogP contribution is 2.07. The lowest BCUT2D eigenvalue weighted by Crippen LogP contribution is -2.41. The summed E-state index contributed by atoms with van der Waals surface area (Å²) in [5.41, 5.74) is 2.41. The highest BCUT2D eigenvalue weighted by atomic mass is 16.7. The number of alkyl carbamates (subject to hydrolysis) is 1. The van der Waals surface area contributed by atoms with Crippen LogP contribution in [-0.2, 0) is 30.4 Å². The minimum Gasteiger partial charge on any atom is -0.467 e. The Labute approximate surface area is 171 Å². The van der Waals surface area contributed by atoms with Gasteiger partial charge in [0.2, 0.25) is 0 Å². The molecule has 0 bridgehead atoms. The van der Waals surface area contributed by atoms with Crippen LogP contribution in [0.2, 0.25) is 0 Å². The Balaban J connectivity index is 2.28. The fraction of sp³-hybridized carbons (Fsp3) is 0.550. The molecule has 2 amide bonds. The molecule has 0 spiro atoms. The number of nitrogens with one attached hydrogen (secondary N) is 2. The summed E-state index contributed by atoms with van der Waals surface area (Å²) in [6.07, 6.45) is 0.0571. The van der Waals surface area contributed by atoms with Gasteiger partial charge in [0.05, 0.1) is 13.7 Å². The molecule has 29 heavy (non-hydrogen) atoms. The van der Waals surface area contributed by atoms with Crippen molar-refractivity contribution in [3.63, 3.8) is 0 Å². The van der Waals surface area contributed by atoms with Crippen LogP contribution in [0.25, 0.3) is 0 Å². The number of hydrogen-bond donors (Lipinski definition) is 2. The summed E-state index contributed by atoms with van der Waals surface area (Å²) < 4.78 is 14.9. The summed E-state index contributed by atoms with van der Waals surface area (Å²) in [6.45, 7) is 5.57. The fourth-order valence-corrected chi connectivity index (χ4v) is 2.23. The van der Waals surface area contributed by atoms with E-state index in [2.05, 4.69) is 10.8 Å². The average Bonchev–Trinajstić information content (AvgIpc) is 2.66. The number of methoxy groups -OCH3 is 1. The van der Waals surface area contributed by atoms with Crippen LogP contribution in [0.3, 0.4) is 0 Å². The van der Waals surface area contributed by atoms with Crippen LogP contribution in [0.4, 0.5) is 9.59 Å². The molecule has 0 aromatic heterocycles. The monoisotopic (exact) mass is 410 g/mol. The summed E-state index contributed by atoms with van der Waals surface area (Å²) >= 11 is 0. The largest absolute Gasteiger partial charge is 0.467 e. The highest BCUT2D eigenvalue weighted by molar-refractivity contribution is 5.81. The van der Waals surface area contributed by atoms with Crippen molar-refractivity contribution in [3.8, 4) is 0 Å². The minimum absolute atomic E-state index is 0.102. The Kier molecular flexibility index (Phi) is 10.5. The zero-order chi connectivity index (χ0) is 21.7. The van der Waals surface area contributed by atoms with Crippen molar-refractivity contribution >= 4 is 18.2 Å². The summed E-state index contributed by atoms with van der Waals surface area (Å²) in [5.74, 6) is -0.561. The van der Waals surface area contributed by atoms with Gasteiger partial charge in [-0.25, -0.2) is 14.4 Å². The van der Waals surface area contributed by atoms with Crippen molar-refractivity contribution in [1.82, 2.24) is 10.8 Å². The first kappa shape index (κ1) is 24.2. The predicted octanol–water partition coefficient (Wildman–Crippen LogP) is 3.08. The quantitative estimate of drug-likeness (QED) is 0.264. The molecule has 0 saturated carbocycles. The number of benzene rings is 1. The van der Waals surface area contributed by atoms with Gasteiger partial charge in [0.1, 0.15) is 18.2 Å². The van der Waals surface area contributed by atoms with Crippen LogP contribution in [0.15, 0.2) is 30.3 Å². The first-order valence-corrected chi connectivity index (χ1v) is 9.37. The van der Waals surface area contributed by atoms with Crippen LogP contribution in [0, 0.1) is 0 Å². The minimum atomic E-state index is -0.831. The molecule has 0 saturated heterocycles. The molecule has 0 heterocycles. The number of amides is 2. The molecule has 2 N–H and O–H groups in total. The second-order valence-corrected chi connectivity index (χ2v) is 7.23. The van der Waals surface area contributed by atoms with E-state index in [-0.39, 0.29) is 13.2 Å². The molecule has 0 unspecified atom stereocenters. The van der Waals surface area contributed by atoms with Gasteiger partial charge in [0.15, 0.2) is 0 Å². The van der Waals surface area contributed by atoms with Crippen molar-refractivity contribution in [1.29, 1.82) is 0 Å². The molecule has 162 valence electrons. The first-order chi connectivity index (χ1) is 13.7. The molecule has 1 atom stereocenters. The van der Waals surface area contributed by atoms with Gasteiger partial charge in [-0.15, -0.1) is 0 Å². The molecule has 0 aliphatic rings. The van der Waals surface area contributed by atoms with Gasteiger partial charge in [0, 0.05) is 0 Å². The van der Waals surface area contributed by atoms with E-state index in [4.69, 9.17) is 19.0 Å².